The van der Waals surface area contributed by atoms with E-state index in [-0.39, 0.29) is 0 Å². The molecule has 4 nitrogen and oxygen atoms in total. The fourth-order valence-electron chi connectivity index (χ4n) is 4.16. The number of pyridine rings is 1. The van der Waals surface area contributed by atoms with Gasteiger partial charge < -0.3 is 9.30 Å². The van der Waals surface area contributed by atoms with Crippen molar-refractivity contribution >= 4 is 22.5 Å². The molecule has 1 aliphatic rings. The molecule has 3 heterocycles. The van der Waals surface area contributed by atoms with Crippen molar-refractivity contribution in [1.82, 2.24) is 14.5 Å². The molecular weight excluding hydrogens is 394 g/mol. The Kier molecular flexibility index (Phi) is 5.54. The molecule has 0 amide bonds. The maximum absolute atomic E-state index is 6.67. The van der Waals surface area contributed by atoms with Crippen molar-refractivity contribution in [3.63, 3.8) is 0 Å². The summed E-state index contributed by atoms with van der Waals surface area (Å²) in [5, 5.41) is 1.87. The van der Waals surface area contributed by atoms with Crippen LogP contribution in [-0.4, -0.2) is 47.3 Å². The topological polar surface area (TPSA) is 30.3 Å². The van der Waals surface area contributed by atoms with Crippen LogP contribution in [-0.2, 0) is 11.3 Å². The first-order valence-corrected chi connectivity index (χ1v) is 10.8. The second kappa shape index (κ2) is 8.60. The van der Waals surface area contributed by atoms with Crippen LogP contribution in [0.4, 0.5) is 0 Å². The summed E-state index contributed by atoms with van der Waals surface area (Å²) in [6.45, 7) is 5.55. The summed E-state index contributed by atoms with van der Waals surface area (Å²) in [5.41, 5.74) is 5.64. The smallest absolute Gasteiger partial charge is 0.0594 e. The van der Waals surface area contributed by atoms with Gasteiger partial charge in [-0.05, 0) is 23.8 Å². The van der Waals surface area contributed by atoms with Crippen LogP contribution in [0.1, 0.15) is 0 Å². The molecule has 5 heteroatoms. The second-order valence-electron chi connectivity index (χ2n) is 7.65. The number of hydrogen-bond donors (Lipinski definition) is 0. The molecule has 0 unspecified atom stereocenters. The van der Waals surface area contributed by atoms with Gasteiger partial charge in [-0.15, -0.1) is 0 Å². The van der Waals surface area contributed by atoms with E-state index in [4.69, 9.17) is 16.3 Å². The van der Waals surface area contributed by atoms with Gasteiger partial charge in [0.15, 0.2) is 0 Å². The van der Waals surface area contributed by atoms with E-state index in [0.29, 0.717) is 0 Å². The van der Waals surface area contributed by atoms with Crippen molar-refractivity contribution in [2.45, 2.75) is 6.54 Å². The first-order valence-electron chi connectivity index (χ1n) is 10.4. The fraction of sp³-hybridized carbons (Fsp3) is 0.240. The molecule has 0 radical (unpaired) electrons. The molecule has 1 saturated heterocycles. The maximum Gasteiger partial charge on any atom is 0.0594 e. The molecule has 152 valence electrons. The number of hydrogen-bond acceptors (Lipinski definition) is 3. The number of benzene rings is 2. The Labute approximate surface area is 181 Å². The van der Waals surface area contributed by atoms with Gasteiger partial charge in [-0.2, -0.15) is 0 Å². The van der Waals surface area contributed by atoms with Crippen LogP contribution in [0.15, 0.2) is 73.2 Å². The summed E-state index contributed by atoms with van der Waals surface area (Å²) in [6.07, 6.45) is 6.07. The lowest BCUT2D eigenvalue weighted by Gasteiger charge is -2.26. The zero-order valence-electron chi connectivity index (χ0n) is 16.8. The predicted molar refractivity (Wildman–Crippen MR) is 123 cm³/mol. The summed E-state index contributed by atoms with van der Waals surface area (Å²) in [6, 6.07) is 18.7. The number of ether oxygens (including phenoxy) is 1. The predicted octanol–water partition coefficient (Wildman–Crippen LogP) is 5.36. The standard InChI is InChI=1S/C25H24ClN3O/c26-23-7-4-8-24-25(23)22(18-29(24)10-9-28-11-13-30-14-12-28)21-15-20(16-27-17-21)19-5-2-1-3-6-19/h1-8,15-18H,9-14H2. The molecule has 30 heavy (non-hydrogen) atoms. The van der Waals surface area contributed by atoms with Crippen molar-refractivity contribution in [1.29, 1.82) is 0 Å². The Morgan fingerprint density at radius 1 is 0.867 bits per heavy atom. The van der Waals surface area contributed by atoms with E-state index in [0.717, 1.165) is 77.6 Å². The largest absolute Gasteiger partial charge is 0.379 e. The number of aromatic nitrogens is 2. The van der Waals surface area contributed by atoms with Gasteiger partial charge in [0.2, 0.25) is 0 Å². The molecule has 0 spiro atoms. The summed E-state index contributed by atoms with van der Waals surface area (Å²) < 4.78 is 7.80. The highest BCUT2D eigenvalue weighted by Crippen LogP contribution is 2.36. The molecule has 2 aromatic heterocycles. The van der Waals surface area contributed by atoms with Gasteiger partial charge in [0.25, 0.3) is 0 Å². The minimum absolute atomic E-state index is 0.776. The van der Waals surface area contributed by atoms with Gasteiger partial charge in [0.05, 0.1) is 23.8 Å². The van der Waals surface area contributed by atoms with Gasteiger partial charge in [-0.25, -0.2) is 0 Å². The lowest BCUT2D eigenvalue weighted by Crippen LogP contribution is -2.38. The molecule has 0 aliphatic carbocycles. The number of fused-ring (bicyclic) bond motifs is 1. The maximum atomic E-state index is 6.67. The first-order chi connectivity index (χ1) is 14.8. The van der Waals surface area contributed by atoms with Crippen LogP contribution >= 0.6 is 11.6 Å². The highest BCUT2D eigenvalue weighted by Gasteiger charge is 2.16. The van der Waals surface area contributed by atoms with Crippen LogP contribution in [0, 0.1) is 0 Å². The third-order valence-electron chi connectivity index (χ3n) is 5.77. The van der Waals surface area contributed by atoms with Gasteiger partial charge in [0.1, 0.15) is 0 Å². The Morgan fingerprint density at radius 2 is 1.67 bits per heavy atom. The van der Waals surface area contributed by atoms with Gasteiger partial charge >= 0.3 is 0 Å². The van der Waals surface area contributed by atoms with E-state index in [1.54, 1.807) is 0 Å². The highest BCUT2D eigenvalue weighted by molar-refractivity contribution is 6.36. The van der Waals surface area contributed by atoms with Crippen molar-refractivity contribution in [2.24, 2.45) is 0 Å². The van der Waals surface area contributed by atoms with Crippen molar-refractivity contribution in [3.05, 3.63) is 78.2 Å². The molecule has 0 N–H and O–H groups in total. The van der Waals surface area contributed by atoms with E-state index in [1.807, 2.05) is 30.6 Å². The Bertz CT molecular complexity index is 1150. The fourth-order valence-corrected chi connectivity index (χ4v) is 4.43. The van der Waals surface area contributed by atoms with Crippen LogP contribution in [0.3, 0.4) is 0 Å². The minimum atomic E-state index is 0.776. The number of halogens is 1. The van der Waals surface area contributed by atoms with Gasteiger partial charge in [-0.3, -0.25) is 9.88 Å². The van der Waals surface area contributed by atoms with E-state index in [1.165, 1.54) is 0 Å². The SMILES string of the molecule is Clc1cccc2c1c(-c1cncc(-c3ccccc3)c1)cn2CCN1CCOCC1. The average molecular weight is 418 g/mol. The highest BCUT2D eigenvalue weighted by atomic mass is 35.5. The number of nitrogens with zero attached hydrogens (tertiary/aromatic N) is 3. The Balaban J connectivity index is 1.53. The number of rotatable bonds is 5. The van der Waals surface area contributed by atoms with E-state index in [2.05, 4.69) is 57.0 Å². The normalized spacial score (nSPS) is 15.0. The summed E-state index contributed by atoms with van der Waals surface area (Å²) in [4.78, 5) is 6.98. The molecule has 0 saturated carbocycles. The molecule has 5 rings (SSSR count). The molecule has 0 bridgehead atoms. The third-order valence-corrected chi connectivity index (χ3v) is 6.09. The van der Waals surface area contributed by atoms with Crippen molar-refractivity contribution in [2.75, 3.05) is 32.8 Å². The second-order valence-corrected chi connectivity index (χ2v) is 8.06. The van der Waals surface area contributed by atoms with E-state index < -0.39 is 0 Å². The molecule has 2 aromatic carbocycles. The lowest BCUT2D eigenvalue weighted by molar-refractivity contribution is 0.0365. The van der Waals surface area contributed by atoms with Crippen LogP contribution < -0.4 is 0 Å². The van der Waals surface area contributed by atoms with E-state index in [9.17, 15) is 0 Å². The zero-order chi connectivity index (χ0) is 20.3. The van der Waals surface area contributed by atoms with Crippen LogP contribution in [0.5, 0.6) is 0 Å². The average Bonchev–Trinajstić information content (AvgIpc) is 3.19. The van der Waals surface area contributed by atoms with Gasteiger partial charge in [-0.1, -0.05) is 48.0 Å². The monoisotopic (exact) mass is 417 g/mol. The van der Waals surface area contributed by atoms with Crippen molar-refractivity contribution < 1.29 is 4.74 Å². The molecule has 1 fully saturated rings. The summed E-state index contributed by atoms with van der Waals surface area (Å²) in [5.74, 6) is 0. The third kappa shape index (κ3) is 3.86. The van der Waals surface area contributed by atoms with Crippen LogP contribution in [0.25, 0.3) is 33.2 Å². The Morgan fingerprint density at radius 3 is 2.50 bits per heavy atom. The minimum Gasteiger partial charge on any atom is -0.379 e. The molecular formula is C25H24ClN3O. The van der Waals surface area contributed by atoms with Crippen molar-refractivity contribution in [3.8, 4) is 22.3 Å². The molecule has 1 aliphatic heterocycles. The lowest BCUT2D eigenvalue weighted by atomic mass is 10.0. The molecule has 0 atom stereocenters. The van der Waals surface area contributed by atoms with Crippen LogP contribution in [0.2, 0.25) is 5.02 Å². The molecule has 4 aromatic rings. The summed E-state index contributed by atoms with van der Waals surface area (Å²) in [7, 11) is 0. The first kappa shape index (κ1) is 19.3. The summed E-state index contributed by atoms with van der Waals surface area (Å²) >= 11 is 6.67. The quantitative estimate of drug-likeness (QED) is 0.438. The van der Waals surface area contributed by atoms with Gasteiger partial charge in [0, 0.05) is 66.8 Å². The zero-order valence-corrected chi connectivity index (χ0v) is 17.6. The number of morpholine rings is 1. The van der Waals surface area contributed by atoms with E-state index >= 15 is 0 Å². The Hall–Kier alpha value is -2.66.